The number of carbonyl (C=O) groups is 1. The number of aromatic hydroxyl groups is 2. The minimum atomic E-state index is -0.336. The number of hydrogen-bond acceptors (Lipinski definition) is 3. The van der Waals surface area contributed by atoms with Crippen molar-refractivity contribution in [1.82, 2.24) is 5.32 Å². The molecule has 0 saturated heterocycles. The Balaban J connectivity index is 2.00. The van der Waals surface area contributed by atoms with Gasteiger partial charge in [-0.3, -0.25) is 4.79 Å². The smallest absolute Gasteiger partial charge is 0.255 e. The van der Waals surface area contributed by atoms with E-state index >= 15 is 0 Å². The Morgan fingerprint density at radius 3 is 2.55 bits per heavy atom. The van der Waals surface area contributed by atoms with E-state index < -0.39 is 0 Å². The van der Waals surface area contributed by atoms with Gasteiger partial charge in [-0.25, -0.2) is 0 Å². The molecule has 1 aromatic rings. The molecule has 20 heavy (non-hydrogen) atoms. The lowest BCUT2D eigenvalue weighted by molar-refractivity contribution is 0.0918. The fourth-order valence-corrected chi connectivity index (χ4v) is 3.10. The molecule has 0 spiro atoms. The fraction of sp³-hybridized carbons (Fsp3) is 0.533. The average Bonchev–Trinajstić information content (AvgIpc) is 2.46. The maximum Gasteiger partial charge on any atom is 0.255 e. The van der Waals surface area contributed by atoms with Crippen molar-refractivity contribution >= 4 is 17.5 Å². The molecule has 1 aliphatic rings. The van der Waals surface area contributed by atoms with Gasteiger partial charge in [-0.05, 0) is 25.0 Å². The molecule has 0 heterocycles. The van der Waals surface area contributed by atoms with Crippen LogP contribution in [-0.2, 0) is 0 Å². The minimum Gasteiger partial charge on any atom is -0.508 e. The third-order valence-corrected chi connectivity index (χ3v) is 4.61. The maximum atomic E-state index is 12.1. The Kier molecular flexibility index (Phi) is 4.76. The molecule has 4 nitrogen and oxygen atoms in total. The van der Waals surface area contributed by atoms with Crippen molar-refractivity contribution in [2.24, 2.45) is 5.41 Å². The molecule has 1 aliphatic carbocycles. The van der Waals surface area contributed by atoms with E-state index in [0.29, 0.717) is 12.4 Å². The second-order valence-electron chi connectivity index (χ2n) is 5.58. The monoisotopic (exact) mass is 297 g/mol. The van der Waals surface area contributed by atoms with Gasteiger partial charge in [-0.2, -0.15) is 0 Å². The normalized spacial score (nSPS) is 17.6. The van der Waals surface area contributed by atoms with Crippen molar-refractivity contribution in [3.63, 3.8) is 0 Å². The molecule has 1 saturated carbocycles. The molecule has 3 N–H and O–H groups in total. The van der Waals surface area contributed by atoms with Crippen LogP contribution in [0.5, 0.6) is 11.5 Å². The first-order valence-corrected chi connectivity index (χ1v) is 7.46. The summed E-state index contributed by atoms with van der Waals surface area (Å²) in [5.41, 5.74) is 0.144. The topological polar surface area (TPSA) is 69.6 Å². The zero-order valence-electron chi connectivity index (χ0n) is 11.4. The van der Waals surface area contributed by atoms with Crippen molar-refractivity contribution in [3.8, 4) is 11.5 Å². The predicted molar refractivity (Wildman–Crippen MR) is 78.3 cm³/mol. The average molecular weight is 298 g/mol. The highest BCUT2D eigenvalue weighted by Gasteiger charge is 2.31. The summed E-state index contributed by atoms with van der Waals surface area (Å²) in [5.74, 6) is -0.0818. The zero-order chi connectivity index (χ0) is 14.6. The molecule has 0 bridgehead atoms. The van der Waals surface area contributed by atoms with Gasteiger partial charge in [-0.1, -0.05) is 19.3 Å². The highest BCUT2D eigenvalue weighted by molar-refractivity contribution is 6.18. The van der Waals surface area contributed by atoms with E-state index in [9.17, 15) is 15.0 Å². The quantitative estimate of drug-likeness (QED) is 0.748. The largest absolute Gasteiger partial charge is 0.508 e. The summed E-state index contributed by atoms with van der Waals surface area (Å²) in [7, 11) is 0. The standard InChI is InChI=1S/C15H20ClNO3/c16-9-15(6-2-1-3-7-15)10-17-14(20)12-5-4-11(18)8-13(12)19/h4-5,8,18-19H,1-3,6-7,9-10H2,(H,17,20). The van der Waals surface area contributed by atoms with E-state index in [1.807, 2.05) is 0 Å². The molecule has 1 amide bonds. The molecule has 0 atom stereocenters. The van der Waals surface area contributed by atoms with Crippen LogP contribution in [0.25, 0.3) is 0 Å². The molecule has 110 valence electrons. The number of nitrogens with one attached hydrogen (secondary N) is 1. The first-order chi connectivity index (χ1) is 9.56. The number of carbonyl (C=O) groups excluding carboxylic acids is 1. The molecule has 0 aliphatic heterocycles. The summed E-state index contributed by atoms with van der Waals surface area (Å²) >= 11 is 6.08. The second-order valence-corrected chi connectivity index (χ2v) is 5.85. The van der Waals surface area contributed by atoms with Gasteiger partial charge in [0.05, 0.1) is 5.56 Å². The lowest BCUT2D eigenvalue weighted by Gasteiger charge is -2.35. The maximum absolute atomic E-state index is 12.1. The fourth-order valence-electron chi connectivity index (χ4n) is 2.73. The minimum absolute atomic E-state index is 0.0258. The van der Waals surface area contributed by atoms with E-state index in [0.717, 1.165) is 31.7 Å². The van der Waals surface area contributed by atoms with Crippen molar-refractivity contribution in [1.29, 1.82) is 0 Å². The number of alkyl halides is 1. The molecular weight excluding hydrogens is 278 g/mol. The van der Waals surface area contributed by atoms with Crippen LogP contribution >= 0.6 is 11.6 Å². The van der Waals surface area contributed by atoms with Gasteiger partial charge < -0.3 is 15.5 Å². The summed E-state index contributed by atoms with van der Waals surface area (Å²) in [6, 6.07) is 3.95. The summed E-state index contributed by atoms with van der Waals surface area (Å²) in [6.07, 6.45) is 5.57. The summed E-state index contributed by atoms with van der Waals surface area (Å²) in [6.45, 7) is 0.523. The molecule has 0 unspecified atom stereocenters. The number of phenolic OH excluding ortho intramolecular Hbond substituents is 2. The van der Waals surface area contributed by atoms with Crippen LogP contribution in [0.1, 0.15) is 42.5 Å². The molecular formula is C15H20ClNO3. The predicted octanol–water partition coefficient (Wildman–Crippen LogP) is 3.02. The Bertz CT molecular complexity index is 484. The summed E-state index contributed by atoms with van der Waals surface area (Å²) in [4.78, 5) is 12.1. The lowest BCUT2D eigenvalue weighted by atomic mass is 9.75. The molecule has 5 heteroatoms. The van der Waals surface area contributed by atoms with Crippen LogP contribution in [0, 0.1) is 5.41 Å². The third kappa shape index (κ3) is 3.37. The summed E-state index contributed by atoms with van der Waals surface area (Å²) < 4.78 is 0. The van der Waals surface area contributed by atoms with Crippen molar-refractivity contribution in [3.05, 3.63) is 23.8 Å². The van der Waals surface area contributed by atoms with Crippen molar-refractivity contribution in [2.75, 3.05) is 12.4 Å². The number of rotatable bonds is 4. The number of phenols is 2. The van der Waals surface area contributed by atoms with E-state index in [1.54, 1.807) is 0 Å². The van der Waals surface area contributed by atoms with E-state index in [1.165, 1.54) is 18.6 Å². The molecule has 0 aromatic heterocycles. The van der Waals surface area contributed by atoms with Gasteiger partial charge in [0.15, 0.2) is 0 Å². The molecule has 0 radical (unpaired) electrons. The second kappa shape index (κ2) is 6.35. The van der Waals surface area contributed by atoms with Gasteiger partial charge in [0.2, 0.25) is 0 Å². The van der Waals surface area contributed by atoms with Gasteiger partial charge in [0.1, 0.15) is 11.5 Å². The molecule has 2 rings (SSSR count). The number of halogens is 1. The van der Waals surface area contributed by atoms with Gasteiger partial charge in [0.25, 0.3) is 5.91 Å². The highest BCUT2D eigenvalue weighted by Crippen LogP contribution is 2.36. The van der Waals surface area contributed by atoms with Crippen molar-refractivity contribution in [2.45, 2.75) is 32.1 Å². The van der Waals surface area contributed by atoms with Crippen molar-refractivity contribution < 1.29 is 15.0 Å². The number of amides is 1. The Hall–Kier alpha value is -1.42. The molecule has 1 fully saturated rings. The first-order valence-electron chi connectivity index (χ1n) is 6.92. The van der Waals surface area contributed by atoms with Gasteiger partial charge >= 0.3 is 0 Å². The van der Waals surface area contributed by atoms with Crippen LogP contribution in [0.2, 0.25) is 0 Å². The number of hydrogen-bond donors (Lipinski definition) is 3. The van der Waals surface area contributed by atoms with Crippen LogP contribution < -0.4 is 5.32 Å². The SMILES string of the molecule is O=C(NCC1(CCl)CCCCC1)c1ccc(O)cc1O. The van der Waals surface area contributed by atoms with Crippen LogP contribution in [0.15, 0.2) is 18.2 Å². The Morgan fingerprint density at radius 2 is 1.95 bits per heavy atom. The van der Waals surface area contributed by atoms with E-state index in [-0.39, 0.29) is 28.4 Å². The first kappa shape index (κ1) is 15.0. The highest BCUT2D eigenvalue weighted by atomic mass is 35.5. The Labute approximate surface area is 123 Å². The zero-order valence-corrected chi connectivity index (χ0v) is 12.1. The van der Waals surface area contributed by atoms with Crippen LogP contribution in [0.4, 0.5) is 0 Å². The lowest BCUT2D eigenvalue weighted by Crippen LogP contribution is -2.40. The number of benzene rings is 1. The Morgan fingerprint density at radius 1 is 1.25 bits per heavy atom. The van der Waals surface area contributed by atoms with Gasteiger partial charge in [0, 0.05) is 23.9 Å². The van der Waals surface area contributed by atoms with Crippen LogP contribution in [0.3, 0.4) is 0 Å². The van der Waals surface area contributed by atoms with Crippen LogP contribution in [-0.4, -0.2) is 28.5 Å². The van der Waals surface area contributed by atoms with Gasteiger partial charge in [-0.15, -0.1) is 11.6 Å². The van der Waals surface area contributed by atoms with E-state index in [2.05, 4.69) is 5.32 Å². The summed E-state index contributed by atoms with van der Waals surface area (Å²) in [5, 5.41) is 21.8. The molecule has 1 aromatic carbocycles. The third-order valence-electron chi connectivity index (χ3n) is 4.05. The van der Waals surface area contributed by atoms with E-state index in [4.69, 9.17) is 11.6 Å².